The highest BCUT2D eigenvalue weighted by atomic mass is 16.2. The van der Waals surface area contributed by atoms with E-state index in [0.717, 1.165) is 12.8 Å². The summed E-state index contributed by atoms with van der Waals surface area (Å²) >= 11 is 0. The average molecular weight is 214 g/mol. The zero-order valence-corrected chi connectivity index (χ0v) is 10.1. The lowest BCUT2D eigenvalue weighted by Gasteiger charge is -2.32. The van der Waals surface area contributed by atoms with Crippen LogP contribution in [0, 0.1) is 0 Å². The van der Waals surface area contributed by atoms with Crippen molar-refractivity contribution in [3.8, 4) is 0 Å². The molecular formula is C11H22N2O2. The van der Waals surface area contributed by atoms with Crippen molar-refractivity contribution >= 4 is 11.8 Å². The van der Waals surface area contributed by atoms with E-state index in [4.69, 9.17) is 0 Å². The molecule has 0 bridgehead atoms. The van der Waals surface area contributed by atoms with Crippen LogP contribution in [0.2, 0.25) is 0 Å². The zero-order valence-electron chi connectivity index (χ0n) is 10.1. The molecule has 0 aromatic heterocycles. The van der Waals surface area contributed by atoms with E-state index in [1.54, 1.807) is 7.05 Å². The van der Waals surface area contributed by atoms with Crippen molar-refractivity contribution < 1.29 is 9.59 Å². The number of nitrogens with one attached hydrogen (secondary N) is 2. The van der Waals surface area contributed by atoms with Crippen molar-refractivity contribution in [3.63, 3.8) is 0 Å². The maximum absolute atomic E-state index is 11.8. The molecule has 0 aliphatic rings. The molecule has 0 aliphatic carbocycles. The molecule has 0 aromatic carbocycles. The van der Waals surface area contributed by atoms with E-state index < -0.39 is 5.54 Å². The van der Waals surface area contributed by atoms with Gasteiger partial charge in [-0.2, -0.15) is 0 Å². The van der Waals surface area contributed by atoms with Crippen molar-refractivity contribution in [2.24, 2.45) is 0 Å². The Morgan fingerprint density at radius 1 is 1.13 bits per heavy atom. The van der Waals surface area contributed by atoms with E-state index >= 15 is 0 Å². The molecule has 4 nitrogen and oxygen atoms in total. The maximum atomic E-state index is 11.8. The lowest BCUT2D eigenvalue weighted by molar-refractivity contribution is -0.133. The molecule has 0 aliphatic heterocycles. The third-order valence-electron chi connectivity index (χ3n) is 2.43. The third-order valence-corrected chi connectivity index (χ3v) is 2.43. The second-order valence-corrected chi connectivity index (χ2v) is 3.84. The van der Waals surface area contributed by atoms with E-state index in [1.807, 2.05) is 13.8 Å². The molecule has 0 rings (SSSR count). The molecule has 0 spiro atoms. The molecular weight excluding hydrogens is 192 g/mol. The van der Waals surface area contributed by atoms with Crippen LogP contribution in [0.15, 0.2) is 0 Å². The second-order valence-electron chi connectivity index (χ2n) is 3.84. The molecule has 0 saturated heterocycles. The Kier molecular flexibility index (Phi) is 5.97. The largest absolute Gasteiger partial charge is 0.357 e. The Balaban J connectivity index is 4.86. The molecule has 88 valence electrons. The van der Waals surface area contributed by atoms with Crippen LogP contribution in [0.5, 0.6) is 0 Å². The predicted octanol–water partition coefficient (Wildman–Crippen LogP) is 1.21. The minimum absolute atomic E-state index is 0.0959. The monoisotopic (exact) mass is 214 g/mol. The lowest BCUT2D eigenvalue weighted by atomic mass is 9.87. The van der Waals surface area contributed by atoms with Gasteiger partial charge in [-0.3, -0.25) is 9.59 Å². The van der Waals surface area contributed by atoms with Gasteiger partial charge in [-0.1, -0.05) is 26.7 Å². The van der Waals surface area contributed by atoms with Crippen LogP contribution in [0.1, 0.15) is 46.5 Å². The molecule has 0 unspecified atom stereocenters. The standard InChI is InChI=1S/C11H22N2O2/c1-5-7-11(8-6-2,10(15)12-4)13-9(3)14/h5-8H2,1-4H3,(H,12,15)(H,13,14). The maximum Gasteiger partial charge on any atom is 0.245 e. The number of amides is 2. The Morgan fingerprint density at radius 2 is 1.60 bits per heavy atom. The first-order valence-corrected chi connectivity index (χ1v) is 5.53. The fourth-order valence-electron chi connectivity index (χ4n) is 1.96. The second kappa shape index (κ2) is 6.43. The molecule has 0 atom stereocenters. The SMILES string of the molecule is CCCC(CCC)(NC(C)=O)C(=O)NC. The van der Waals surface area contributed by atoms with E-state index in [1.165, 1.54) is 6.92 Å². The molecule has 0 saturated carbocycles. The number of carbonyl (C=O) groups excluding carboxylic acids is 2. The van der Waals surface area contributed by atoms with Crippen LogP contribution >= 0.6 is 0 Å². The highest BCUT2D eigenvalue weighted by Crippen LogP contribution is 2.20. The molecule has 4 heteroatoms. The summed E-state index contributed by atoms with van der Waals surface area (Å²) in [4.78, 5) is 23.0. The summed E-state index contributed by atoms with van der Waals surface area (Å²) in [6, 6.07) is 0. The number of hydrogen-bond acceptors (Lipinski definition) is 2. The fraction of sp³-hybridized carbons (Fsp3) is 0.818. The van der Waals surface area contributed by atoms with Gasteiger partial charge >= 0.3 is 0 Å². The van der Waals surface area contributed by atoms with Crippen LogP contribution in [0.25, 0.3) is 0 Å². The molecule has 0 heterocycles. The van der Waals surface area contributed by atoms with Crippen molar-refractivity contribution in [1.29, 1.82) is 0 Å². The highest BCUT2D eigenvalue weighted by molar-refractivity contribution is 5.90. The van der Waals surface area contributed by atoms with Gasteiger partial charge in [-0.05, 0) is 12.8 Å². The first-order valence-electron chi connectivity index (χ1n) is 5.53. The summed E-state index contributed by atoms with van der Waals surface area (Å²) in [7, 11) is 1.60. The van der Waals surface area contributed by atoms with E-state index in [9.17, 15) is 9.59 Å². The van der Waals surface area contributed by atoms with Crippen molar-refractivity contribution in [1.82, 2.24) is 10.6 Å². The number of hydrogen-bond donors (Lipinski definition) is 2. The summed E-state index contributed by atoms with van der Waals surface area (Å²) in [6.45, 7) is 5.47. The summed E-state index contributed by atoms with van der Waals surface area (Å²) in [6.07, 6.45) is 3.10. The van der Waals surface area contributed by atoms with Crippen LogP contribution in [-0.4, -0.2) is 24.4 Å². The first kappa shape index (κ1) is 13.9. The number of carbonyl (C=O) groups is 2. The van der Waals surface area contributed by atoms with Gasteiger partial charge in [0.05, 0.1) is 0 Å². The van der Waals surface area contributed by atoms with Gasteiger partial charge in [0.2, 0.25) is 11.8 Å². The molecule has 2 N–H and O–H groups in total. The van der Waals surface area contributed by atoms with Gasteiger partial charge in [0.15, 0.2) is 0 Å². The molecule has 0 radical (unpaired) electrons. The Labute approximate surface area is 91.8 Å². The molecule has 15 heavy (non-hydrogen) atoms. The summed E-state index contributed by atoms with van der Waals surface area (Å²) in [5.41, 5.74) is -0.718. The highest BCUT2D eigenvalue weighted by Gasteiger charge is 2.36. The van der Waals surface area contributed by atoms with Crippen LogP contribution in [-0.2, 0) is 9.59 Å². The number of rotatable bonds is 6. The zero-order chi connectivity index (χ0) is 11.9. The Bertz CT molecular complexity index is 221. The van der Waals surface area contributed by atoms with Gasteiger partial charge in [0.1, 0.15) is 5.54 Å². The minimum atomic E-state index is -0.718. The van der Waals surface area contributed by atoms with Gasteiger partial charge in [-0.25, -0.2) is 0 Å². The van der Waals surface area contributed by atoms with Crippen LogP contribution in [0.3, 0.4) is 0 Å². The minimum Gasteiger partial charge on any atom is -0.357 e. The van der Waals surface area contributed by atoms with E-state index in [2.05, 4.69) is 10.6 Å². The lowest BCUT2D eigenvalue weighted by Crippen LogP contribution is -2.57. The van der Waals surface area contributed by atoms with Crippen LogP contribution in [0.4, 0.5) is 0 Å². The fourth-order valence-corrected chi connectivity index (χ4v) is 1.96. The van der Waals surface area contributed by atoms with E-state index in [-0.39, 0.29) is 11.8 Å². The van der Waals surface area contributed by atoms with Crippen molar-refractivity contribution in [3.05, 3.63) is 0 Å². The van der Waals surface area contributed by atoms with Gasteiger partial charge in [0, 0.05) is 14.0 Å². The van der Waals surface area contributed by atoms with Crippen molar-refractivity contribution in [2.45, 2.75) is 52.0 Å². The molecule has 2 amide bonds. The smallest absolute Gasteiger partial charge is 0.245 e. The summed E-state index contributed by atoms with van der Waals surface area (Å²) < 4.78 is 0. The van der Waals surface area contributed by atoms with Gasteiger partial charge < -0.3 is 10.6 Å². The van der Waals surface area contributed by atoms with Gasteiger partial charge in [0.25, 0.3) is 0 Å². The molecule has 0 fully saturated rings. The Morgan fingerprint density at radius 3 is 1.87 bits per heavy atom. The van der Waals surface area contributed by atoms with Gasteiger partial charge in [-0.15, -0.1) is 0 Å². The predicted molar refractivity (Wildman–Crippen MR) is 60.4 cm³/mol. The molecule has 0 aromatic rings. The Hall–Kier alpha value is -1.06. The average Bonchev–Trinajstić information content (AvgIpc) is 2.16. The van der Waals surface area contributed by atoms with E-state index in [0.29, 0.717) is 12.8 Å². The quantitative estimate of drug-likeness (QED) is 0.698. The summed E-state index contributed by atoms with van der Waals surface area (Å²) in [5, 5.41) is 5.42. The first-order chi connectivity index (χ1) is 7.02. The third kappa shape index (κ3) is 3.90. The number of likely N-dealkylation sites (N-methyl/N-ethyl adjacent to an activating group) is 1. The normalized spacial score (nSPS) is 10.9. The summed E-state index contributed by atoms with van der Waals surface area (Å²) in [5.74, 6) is -0.248. The van der Waals surface area contributed by atoms with Crippen LogP contribution < -0.4 is 10.6 Å². The van der Waals surface area contributed by atoms with Crippen molar-refractivity contribution in [2.75, 3.05) is 7.05 Å². The topological polar surface area (TPSA) is 58.2 Å².